The van der Waals surface area contributed by atoms with Gasteiger partial charge in [0.15, 0.2) is 0 Å². The molecule has 1 N–H and O–H groups in total. The van der Waals surface area contributed by atoms with Crippen molar-refractivity contribution in [3.8, 4) is 0 Å². The highest BCUT2D eigenvalue weighted by atomic mass is 32.2. The first-order chi connectivity index (χ1) is 13.5. The number of nitrogens with one attached hydrogen (secondary N) is 1. The Morgan fingerprint density at radius 2 is 1.86 bits per heavy atom. The van der Waals surface area contributed by atoms with Crippen LogP contribution in [-0.4, -0.2) is 20.9 Å². The van der Waals surface area contributed by atoms with E-state index in [0.29, 0.717) is 19.4 Å². The van der Waals surface area contributed by atoms with E-state index >= 15 is 0 Å². The highest BCUT2D eigenvalue weighted by Crippen LogP contribution is 2.30. The quantitative estimate of drug-likeness (QED) is 0.719. The summed E-state index contributed by atoms with van der Waals surface area (Å²) in [5, 5.41) is 2.12. The first kappa shape index (κ1) is 18.7. The number of amides is 1. The summed E-state index contributed by atoms with van der Waals surface area (Å²) in [6.45, 7) is 2.66. The second-order valence-electron chi connectivity index (χ2n) is 6.90. The zero-order valence-electron chi connectivity index (χ0n) is 15.7. The second kappa shape index (κ2) is 7.37. The maximum atomic E-state index is 12.8. The van der Waals surface area contributed by atoms with E-state index in [1.54, 1.807) is 23.1 Å². The second-order valence-corrected chi connectivity index (χ2v) is 8.67. The highest BCUT2D eigenvalue weighted by molar-refractivity contribution is 7.89. The SMILES string of the molecule is CCC(=O)N1CCc2cc(S(=O)(=O)NCc3cccc4ccccc34)ccc21. The van der Waals surface area contributed by atoms with E-state index in [2.05, 4.69) is 4.72 Å². The molecule has 0 spiro atoms. The van der Waals surface area contributed by atoms with Gasteiger partial charge < -0.3 is 4.90 Å². The number of sulfonamides is 1. The summed E-state index contributed by atoms with van der Waals surface area (Å²) in [4.78, 5) is 14.0. The molecule has 1 heterocycles. The Labute approximate surface area is 165 Å². The third-order valence-corrected chi connectivity index (χ3v) is 6.59. The average Bonchev–Trinajstić information content (AvgIpc) is 3.15. The van der Waals surface area contributed by atoms with Gasteiger partial charge in [-0.05, 0) is 46.5 Å². The van der Waals surface area contributed by atoms with Crippen LogP contribution in [0, 0.1) is 0 Å². The van der Waals surface area contributed by atoms with Gasteiger partial charge in [-0.3, -0.25) is 4.79 Å². The summed E-state index contributed by atoms with van der Waals surface area (Å²) in [7, 11) is -3.65. The molecule has 0 atom stereocenters. The van der Waals surface area contributed by atoms with Gasteiger partial charge in [0.1, 0.15) is 0 Å². The monoisotopic (exact) mass is 394 g/mol. The third kappa shape index (κ3) is 3.41. The molecule has 0 saturated heterocycles. The van der Waals surface area contributed by atoms with E-state index < -0.39 is 10.0 Å². The Kier molecular flexibility index (Phi) is 4.91. The summed E-state index contributed by atoms with van der Waals surface area (Å²) in [6.07, 6.45) is 1.11. The van der Waals surface area contributed by atoms with Crippen molar-refractivity contribution in [1.29, 1.82) is 0 Å². The van der Waals surface area contributed by atoms with E-state index in [1.165, 1.54) is 0 Å². The van der Waals surface area contributed by atoms with Crippen LogP contribution in [0.1, 0.15) is 24.5 Å². The molecular formula is C22H22N2O3S. The van der Waals surface area contributed by atoms with E-state index in [1.807, 2.05) is 49.4 Å². The molecule has 4 rings (SSSR count). The Morgan fingerprint density at radius 3 is 2.68 bits per heavy atom. The number of nitrogens with zero attached hydrogens (tertiary/aromatic N) is 1. The Balaban J connectivity index is 1.57. The summed E-state index contributed by atoms with van der Waals surface area (Å²) in [5.41, 5.74) is 2.65. The molecule has 144 valence electrons. The largest absolute Gasteiger partial charge is 0.312 e. The van der Waals surface area contributed by atoms with Crippen LogP contribution in [0.15, 0.2) is 65.6 Å². The molecule has 0 fully saturated rings. The topological polar surface area (TPSA) is 66.5 Å². The number of rotatable bonds is 5. The number of carbonyl (C=O) groups excluding carboxylic acids is 1. The van der Waals surface area contributed by atoms with Crippen molar-refractivity contribution in [2.45, 2.75) is 31.2 Å². The fourth-order valence-corrected chi connectivity index (χ4v) is 4.75. The molecular weight excluding hydrogens is 372 g/mol. The molecule has 0 bridgehead atoms. The van der Waals surface area contributed by atoms with E-state index in [-0.39, 0.29) is 17.3 Å². The van der Waals surface area contributed by atoms with Gasteiger partial charge in [0, 0.05) is 25.2 Å². The number of fused-ring (bicyclic) bond motifs is 2. The fourth-order valence-electron chi connectivity index (χ4n) is 3.70. The van der Waals surface area contributed by atoms with Gasteiger partial charge in [-0.25, -0.2) is 13.1 Å². The number of anilines is 1. The van der Waals surface area contributed by atoms with Gasteiger partial charge >= 0.3 is 0 Å². The van der Waals surface area contributed by atoms with Gasteiger partial charge in [-0.2, -0.15) is 0 Å². The maximum absolute atomic E-state index is 12.8. The number of carbonyl (C=O) groups is 1. The van der Waals surface area contributed by atoms with Crippen LogP contribution in [0.4, 0.5) is 5.69 Å². The molecule has 0 unspecified atom stereocenters. The molecule has 5 nitrogen and oxygen atoms in total. The van der Waals surface area contributed by atoms with Gasteiger partial charge in [-0.15, -0.1) is 0 Å². The molecule has 28 heavy (non-hydrogen) atoms. The minimum absolute atomic E-state index is 0.0587. The van der Waals surface area contributed by atoms with Gasteiger partial charge in [0.2, 0.25) is 15.9 Å². The zero-order chi connectivity index (χ0) is 19.7. The van der Waals surface area contributed by atoms with Crippen molar-refractivity contribution in [2.75, 3.05) is 11.4 Å². The Hall–Kier alpha value is -2.70. The normalized spacial score (nSPS) is 13.7. The van der Waals surface area contributed by atoms with Crippen LogP contribution < -0.4 is 9.62 Å². The number of hydrogen-bond acceptors (Lipinski definition) is 3. The van der Waals surface area contributed by atoms with Gasteiger partial charge in [0.25, 0.3) is 0 Å². The lowest BCUT2D eigenvalue weighted by atomic mass is 10.1. The lowest BCUT2D eigenvalue weighted by Gasteiger charge is -2.16. The van der Waals surface area contributed by atoms with E-state index in [4.69, 9.17) is 0 Å². The molecule has 0 aliphatic carbocycles. The minimum Gasteiger partial charge on any atom is -0.312 e. The first-order valence-corrected chi connectivity index (χ1v) is 10.9. The Morgan fingerprint density at radius 1 is 1.07 bits per heavy atom. The molecule has 0 aromatic heterocycles. The summed E-state index contributed by atoms with van der Waals surface area (Å²) < 4.78 is 28.4. The molecule has 0 radical (unpaired) electrons. The number of benzene rings is 3. The van der Waals surface area contributed by atoms with Crippen LogP contribution in [0.3, 0.4) is 0 Å². The number of hydrogen-bond donors (Lipinski definition) is 1. The standard InChI is InChI=1S/C22H22N2O3S/c1-2-22(25)24-13-12-17-14-19(10-11-21(17)24)28(26,27)23-15-18-8-5-7-16-6-3-4-9-20(16)18/h3-11,14,23H,2,12-13,15H2,1H3. The van der Waals surface area contributed by atoms with Gasteiger partial charge in [0.05, 0.1) is 4.90 Å². The van der Waals surface area contributed by atoms with Crippen molar-refractivity contribution in [3.63, 3.8) is 0 Å². The first-order valence-electron chi connectivity index (χ1n) is 9.39. The van der Waals surface area contributed by atoms with Crippen LogP contribution in [0.25, 0.3) is 10.8 Å². The smallest absolute Gasteiger partial charge is 0.240 e. The molecule has 0 saturated carbocycles. The molecule has 6 heteroatoms. The summed E-state index contributed by atoms with van der Waals surface area (Å²) in [5.74, 6) is 0.0587. The van der Waals surface area contributed by atoms with Crippen LogP contribution >= 0.6 is 0 Å². The van der Waals surface area contributed by atoms with E-state index in [9.17, 15) is 13.2 Å². The minimum atomic E-state index is -3.65. The predicted octanol–water partition coefficient (Wildman–Crippen LogP) is 3.62. The van der Waals surface area contributed by atoms with E-state index in [0.717, 1.165) is 27.6 Å². The van der Waals surface area contributed by atoms with Crippen molar-refractivity contribution >= 4 is 32.4 Å². The summed E-state index contributed by atoms with van der Waals surface area (Å²) >= 11 is 0. The summed E-state index contributed by atoms with van der Waals surface area (Å²) in [6, 6.07) is 18.8. The van der Waals surface area contributed by atoms with Crippen LogP contribution in [0.5, 0.6) is 0 Å². The third-order valence-electron chi connectivity index (χ3n) is 5.19. The van der Waals surface area contributed by atoms with Crippen molar-refractivity contribution in [3.05, 3.63) is 71.8 Å². The highest BCUT2D eigenvalue weighted by Gasteiger charge is 2.25. The van der Waals surface area contributed by atoms with Crippen molar-refractivity contribution in [1.82, 2.24) is 4.72 Å². The van der Waals surface area contributed by atoms with Crippen molar-refractivity contribution in [2.24, 2.45) is 0 Å². The lowest BCUT2D eigenvalue weighted by molar-refractivity contribution is -0.118. The fraction of sp³-hybridized carbons (Fsp3) is 0.227. The predicted molar refractivity (Wildman–Crippen MR) is 111 cm³/mol. The van der Waals surface area contributed by atoms with Crippen LogP contribution in [-0.2, 0) is 27.8 Å². The average molecular weight is 394 g/mol. The maximum Gasteiger partial charge on any atom is 0.240 e. The molecule has 1 aliphatic rings. The van der Waals surface area contributed by atoms with Gasteiger partial charge in [-0.1, -0.05) is 49.4 Å². The molecule has 3 aromatic rings. The molecule has 3 aromatic carbocycles. The lowest BCUT2D eigenvalue weighted by Crippen LogP contribution is -2.27. The zero-order valence-corrected chi connectivity index (χ0v) is 16.5. The van der Waals surface area contributed by atoms with Crippen LogP contribution in [0.2, 0.25) is 0 Å². The molecule has 1 amide bonds. The Bertz CT molecular complexity index is 1150. The van der Waals surface area contributed by atoms with Crippen molar-refractivity contribution < 1.29 is 13.2 Å². The molecule has 1 aliphatic heterocycles.